The fraction of sp³-hybridized carbons (Fsp3) is 0.211. The lowest BCUT2D eigenvalue weighted by molar-refractivity contribution is 0.204. The number of fused-ring (bicyclic) bond motifs is 1. The average molecular weight is 356 g/mol. The van der Waals surface area contributed by atoms with E-state index in [2.05, 4.69) is 4.98 Å². The minimum Gasteiger partial charge on any atom is -0.392 e. The molecule has 130 valence electrons. The van der Waals surface area contributed by atoms with Crippen LogP contribution in [0.15, 0.2) is 65.7 Å². The van der Waals surface area contributed by atoms with Crippen LogP contribution in [0.5, 0.6) is 0 Å². The molecule has 3 rings (SSSR count). The summed E-state index contributed by atoms with van der Waals surface area (Å²) in [6.45, 7) is 3.45. The number of pyridine rings is 1. The third-order valence-corrected chi connectivity index (χ3v) is 5.68. The molecule has 0 radical (unpaired) electrons. The molecule has 0 aliphatic heterocycles. The lowest BCUT2D eigenvalue weighted by Crippen LogP contribution is -2.36. The molecule has 3 aromatic rings. The largest absolute Gasteiger partial charge is 0.392 e. The topological polar surface area (TPSA) is 70.5 Å². The van der Waals surface area contributed by atoms with Gasteiger partial charge in [-0.3, -0.25) is 9.29 Å². The van der Waals surface area contributed by atoms with E-state index in [0.717, 1.165) is 10.9 Å². The maximum absolute atomic E-state index is 13.3. The molecule has 6 heteroatoms. The van der Waals surface area contributed by atoms with E-state index in [1.807, 2.05) is 25.1 Å². The number of rotatable bonds is 5. The van der Waals surface area contributed by atoms with Crippen LogP contribution in [0.1, 0.15) is 12.5 Å². The first-order chi connectivity index (χ1) is 11.9. The van der Waals surface area contributed by atoms with Crippen LogP contribution in [0.3, 0.4) is 0 Å². The number of aryl methyl sites for hydroxylation is 1. The van der Waals surface area contributed by atoms with Crippen LogP contribution in [-0.4, -0.2) is 31.2 Å². The summed E-state index contributed by atoms with van der Waals surface area (Å²) < 4.78 is 27.9. The molecule has 1 heterocycles. The van der Waals surface area contributed by atoms with Crippen LogP contribution in [0, 0.1) is 6.92 Å². The zero-order chi connectivity index (χ0) is 18.0. The van der Waals surface area contributed by atoms with Gasteiger partial charge in [0.15, 0.2) is 0 Å². The van der Waals surface area contributed by atoms with Gasteiger partial charge in [0.1, 0.15) is 4.90 Å². The van der Waals surface area contributed by atoms with Crippen LogP contribution in [0.4, 0.5) is 5.69 Å². The number of para-hydroxylation sites is 2. The Morgan fingerprint density at radius 3 is 2.52 bits per heavy atom. The Morgan fingerprint density at radius 1 is 1.12 bits per heavy atom. The lowest BCUT2D eigenvalue weighted by Gasteiger charge is -2.26. The summed E-state index contributed by atoms with van der Waals surface area (Å²) in [5.41, 5.74) is 1.90. The molecule has 0 unspecified atom stereocenters. The number of aromatic nitrogens is 1. The number of sulfonamides is 1. The van der Waals surface area contributed by atoms with Crippen molar-refractivity contribution in [2.45, 2.75) is 24.8 Å². The molecule has 0 fully saturated rings. The molecule has 0 bridgehead atoms. The monoisotopic (exact) mass is 356 g/mol. The predicted octanol–water partition coefficient (Wildman–Crippen LogP) is 3.12. The Hall–Kier alpha value is -2.44. The third-order valence-electron chi connectivity index (χ3n) is 3.85. The Morgan fingerprint density at radius 2 is 1.84 bits per heavy atom. The number of nitrogens with zero attached hydrogens (tertiary/aromatic N) is 2. The van der Waals surface area contributed by atoms with E-state index < -0.39 is 16.1 Å². The Kier molecular flexibility index (Phi) is 4.74. The molecule has 2 aromatic carbocycles. The van der Waals surface area contributed by atoms with Gasteiger partial charge < -0.3 is 5.11 Å². The van der Waals surface area contributed by atoms with Crippen molar-refractivity contribution in [2.24, 2.45) is 0 Å². The van der Waals surface area contributed by atoms with Gasteiger partial charge in [-0.1, -0.05) is 30.3 Å². The fourth-order valence-corrected chi connectivity index (χ4v) is 4.46. The van der Waals surface area contributed by atoms with Gasteiger partial charge in [-0.25, -0.2) is 8.42 Å². The fourth-order valence-electron chi connectivity index (χ4n) is 2.75. The standard InChI is InChI=1S/C19H20N2O3S/c1-14-11-16-7-6-10-18(19(16)20-12-14)25(23,24)21(13-15(2)22)17-8-4-3-5-9-17/h3-12,15,22H,13H2,1-2H3/t15-/m0/s1. The molecule has 1 atom stereocenters. The molecular weight excluding hydrogens is 336 g/mol. The summed E-state index contributed by atoms with van der Waals surface area (Å²) in [7, 11) is -3.88. The van der Waals surface area contributed by atoms with Crippen LogP contribution in [0.25, 0.3) is 10.9 Å². The first kappa shape index (κ1) is 17.4. The van der Waals surface area contributed by atoms with Gasteiger partial charge in [-0.05, 0) is 43.7 Å². The molecule has 1 aromatic heterocycles. The minimum atomic E-state index is -3.88. The maximum atomic E-state index is 13.3. The smallest absolute Gasteiger partial charge is 0.266 e. The van der Waals surface area contributed by atoms with Gasteiger partial charge >= 0.3 is 0 Å². The molecule has 0 aliphatic carbocycles. The highest BCUT2D eigenvalue weighted by molar-refractivity contribution is 7.93. The zero-order valence-corrected chi connectivity index (χ0v) is 14.9. The molecular formula is C19H20N2O3S. The van der Waals surface area contributed by atoms with E-state index in [-0.39, 0.29) is 11.4 Å². The lowest BCUT2D eigenvalue weighted by atomic mass is 10.2. The van der Waals surface area contributed by atoms with Crippen molar-refractivity contribution in [3.8, 4) is 0 Å². The SMILES string of the molecule is Cc1cnc2c(S(=O)(=O)N(C[C@H](C)O)c3ccccc3)cccc2c1. The Balaban J connectivity index is 2.19. The first-order valence-electron chi connectivity index (χ1n) is 8.01. The minimum absolute atomic E-state index is 0.0331. The molecule has 25 heavy (non-hydrogen) atoms. The summed E-state index contributed by atoms with van der Waals surface area (Å²) >= 11 is 0. The highest BCUT2D eigenvalue weighted by Gasteiger charge is 2.28. The number of anilines is 1. The summed E-state index contributed by atoms with van der Waals surface area (Å²) in [6, 6.07) is 15.8. The molecule has 0 saturated carbocycles. The van der Waals surface area contributed by atoms with Gasteiger partial charge in [-0.2, -0.15) is 0 Å². The van der Waals surface area contributed by atoms with Crippen molar-refractivity contribution in [2.75, 3.05) is 10.8 Å². The van der Waals surface area contributed by atoms with Crippen molar-refractivity contribution < 1.29 is 13.5 Å². The highest BCUT2D eigenvalue weighted by atomic mass is 32.2. The molecule has 0 amide bonds. The van der Waals surface area contributed by atoms with Crippen molar-refractivity contribution in [1.82, 2.24) is 4.98 Å². The Bertz CT molecular complexity index is 986. The highest BCUT2D eigenvalue weighted by Crippen LogP contribution is 2.28. The molecule has 0 spiro atoms. The van der Waals surface area contributed by atoms with Crippen LogP contribution in [-0.2, 0) is 10.0 Å². The van der Waals surface area contributed by atoms with Gasteiger partial charge in [0.05, 0.1) is 23.9 Å². The molecule has 5 nitrogen and oxygen atoms in total. The van der Waals surface area contributed by atoms with Crippen LogP contribution in [0.2, 0.25) is 0 Å². The molecule has 1 N–H and O–H groups in total. The van der Waals surface area contributed by atoms with E-state index in [4.69, 9.17) is 0 Å². The number of aliphatic hydroxyl groups excluding tert-OH is 1. The van der Waals surface area contributed by atoms with E-state index in [1.54, 1.807) is 49.5 Å². The Labute approximate surface area is 147 Å². The van der Waals surface area contributed by atoms with E-state index in [0.29, 0.717) is 11.2 Å². The van der Waals surface area contributed by atoms with E-state index in [9.17, 15) is 13.5 Å². The first-order valence-corrected chi connectivity index (χ1v) is 9.45. The summed E-state index contributed by atoms with van der Waals surface area (Å²) in [5.74, 6) is 0. The average Bonchev–Trinajstić information content (AvgIpc) is 2.59. The second-order valence-corrected chi connectivity index (χ2v) is 7.89. The van der Waals surface area contributed by atoms with Crippen molar-refractivity contribution >= 4 is 26.6 Å². The summed E-state index contributed by atoms with van der Waals surface area (Å²) in [4.78, 5) is 4.47. The number of benzene rings is 2. The van der Waals surface area contributed by atoms with Gasteiger partial charge in [-0.15, -0.1) is 0 Å². The second-order valence-electron chi connectivity index (χ2n) is 6.06. The third kappa shape index (κ3) is 3.50. The molecule has 0 aliphatic rings. The second kappa shape index (κ2) is 6.82. The predicted molar refractivity (Wildman–Crippen MR) is 99.1 cm³/mol. The van der Waals surface area contributed by atoms with Crippen molar-refractivity contribution in [1.29, 1.82) is 0 Å². The number of aliphatic hydroxyl groups is 1. The maximum Gasteiger partial charge on any atom is 0.266 e. The molecule has 0 saturated heterocycles. The van der Waals surface area contributed by atoms with E-state index >= 15 is 0 Å². The zero-order valence-electron chi connectivity index (χ0n) is 14.1. The van der Waals surface area contributed by atoms with Crippen molar-refractivity contribution in [3.63, 3.8) is 0 Å². The van der Waals surface area contributed by atoms with Gasteiger partial charge in [0.25, 0.3) is 10.0 Å². The summed E-state index contributed by atoms with van der Waals surface area (Å²) in [6.07, 6.45) is 0.850. The van der Waals surface area contributed by atoms with Crippen LogP contribution < -0.4 is 4.31 Å². The van der Waals surface area contributed by atoms with Gasteiger partial charge in [0.2, 0.25) is 0 Å². The normalized spacial score (nSPS) is 12.9. The summed E-state index contributed by atoms with van der Waals surface area (Å²) in [5, 5.41) is 10.6. The van der Waals surface area contributed by atoms with Gasteiger partial charge in [0, 0.05) is 11.6 Å². The quantitative estimate of drug-likeness (QED) is 0.762. The van der Waals surface area contributed by atoms with E-state index in [1.165, 1.54) is 4.31 Å². The van der Waals surface area contributed by atoms with Crippen molar-refractivity contribution in [3.05, 3.63) is 66.4 Å². The number of hydrogen-bond donors (Lipinski definition) is 1. The number of hydrogen-bond acceptors (Lipinski definition) is 4. The van der Waals surface area contributed by atoms with Crippen LogP contribution >= 0.6 is 0 Å².